The molecule has 5 nitrogen and oxygen atoms in total. The Hall–Kier alpha value is -1.91. The summed E-state index contributed by atoms with van der Waals surface area (Å²) in [6, 6.07) is 1.88. The van der Waals surface area contributed by atoms with Gasteiger partial charge in [-0.25, -0.2) is 4.79 Å². The third-order valence-corrected chi connectivity index (χ3v) is 2.16. The first kappa shape index (κ1) is 11.6. The van der Waals surface area contributed by atoms with Gasteiger partial charge in [0.15, 0.2) is 0 Å². The fraction of sp³-hybridized carbons (Fsp3) is 0.417. The maximum atomic E-state index is 11.9. The van der Waals surface area contributed by atoms with Crippen LogP contribution in [0, 0.1) is 6.92 Å². The Morgan fingerprint density at radius 2 is 2.06 bits per heavy atom. The molecule has 0 atom stereocenters. The predicted octanol–water partition coefficient (Wildman–Crippen LogP) is 2.52. The predicted molar refractivity (Wildman–Crippen MR) is 63.9 cm³/mol. The van der Waals surface area contributed by atoms with Crippen LogP contribution in [0.2, 0.25) is 0 Å². The first-order valence-corrected chi connectivity index (χ1v) is 5.40. The number of aryl methyl sites for hydroxylation is 1. The number of hydrogen-bond donors (Lipinski definition) is 0. The maximum Gasteiger partial charge on any atom is 0.435 e. The lowest BCUT2D eigenvalue weighted by Gasteiger charge is -2.19. The van der Waals surface area contributed by atoms with E-state index in [9.17, 15) is 4.79 Å². The molecule has 0 spiro atoms. The van der Waals surface area contributed by atoms with Crippen molar-refractivity contribution in [3.8, 4) is 0 Å². The zero-order chi connectivity index (χ0) is 12.6. The van der Waals surface area contributed by atoms with Crippen LogP contribution in [-0.2, 0) is 4.74 Å². The fourth-order valence-corrected chi connectivity index (χ4v) is 1.49. The van der Waals surface area contributed by atoms with Gasteiger partial charge in [-0.1, -0.05) is 0 Å². The van der Waals surface area contributed by atoms with Gasteiger partial charge in [-0.2, -0.15) is 9.78 Å². The average Bonchev–Trinajstić information content (AvgIpc) is 2.57. The Labute approximate surface area is 99.4 Å². The second-order valence-corrected chi connectivity index (χ2v) is 4.92. The number of nitrogens with zero attached hydrogens (tertiary/aromatic N) is 3. The monoisotopic (exact) mass is 233 g/mol. The van der Waals surface area contributed by atoms with Crippen LogP contribution in [0.15, 0.2) is 18.5 Å². The molecular formula is C12H15N3O2. The molecule has 0 aliphatic rings. The number of carbonyl (C=O) groups is 1. The van der Waals surface area contributed by atoms with Gasteiger partial charge in [0.1, 0.15) is 5.60 Å². The third kappa shape index (κ3) is 2.43. The quantitative estimate of drug-likeness (QED) is 0.701. The molecule has 2 rings (SSSR count). The van der Waals surface area contributed by atoms with E-state index in [1.807, 2.05) is 33.8 Å². The van der Waals surface area contributed by atoms with Crippen molar-refractivity contribution in [2.75, 3.05) is 0 Å². The summed E-state index contributed by atoms with van der Waals surface area (Å²) in [6.45, 7) is 7.35. The molecule has 0 N–H and O–H groups in total. The molecule has 5 heteroatoms. The second kappa shape index (κ2) is 3.84. The Bertz CT molecular complexity index is 567. The van der Waals surface area contributed by atoms with E-state index < -0.39 is 11.7 Å². The topological polar surface area (TPSA) is 57.0 Å². The fourth-order valence-electron chi connectivity index (χ4n) is 1.49. The molecule has 0 aliphatic carbocycles. The SMILES string of the molecule is Cc1cc2cnn(C(=O)OC(C)(C)C)c2cn1. The van der Waals surface area contributed by atoms with Crippen LogP contribution in [0.5, 0.6) is 0 Å². The minimum Gasteiger partial charge on any atom is -0.442 e. The molecule has 2 aromatic heterocycles. The number of rotatable bonds is 0. The lowest BCUT2D eigenvalue weighted by atomic mass is 10.2. The van der Waals surface area contributed by atoms with Gasteiger partial charge < -0.3 is 4.74 Å². The number of ether oxygens (including phenoxy) is 1. The van der Waals surface area contributed by atoms with Crippen LogP contribution in [0.3, 0.4) is 0 Å². The molecule has 90 valence electrons. The van der Waals surface area contributed by atoms with Crippen LogP contribution in [0.1, 0.15) is 26.5 Å². The third-order valence-electron chi connectivity index (χ3n) is 2.16. The first-order chi connectivity index (χ1) is 7.87. The summed E-state index contributed by atoms with van der Waals surface area (Å²) in [5.74, 6) is 0. The van der Waals surface area contributed by atoms with Gasteiger partial charge >= 0.3 is 6.09 Å². The highest BCUT2D eigenvalue weighted by Crippen LogP contribution is 2.15. The molecule has 2 aromatic rings. The minimum absolute atomic E-state index is 0.488. The van der Waals surface area contributed by atoms with Gasteiger partial charge in [-0.05, 0) is 33.8 Å². The molecule has 0 aliphatic heterocycles. The number of carbonyl (C=O) groups excluding carboxylic acids is 1. The zero-order valence-electron chi connectivity index (χ0n) is 10.4. The summed E-state index contributed by atoms with van der Waals surface area (Å²) < 4.78 is 6.48. The van der Waals surface area contributed by atoms with Crippen LogP contribution in [0.25, 0.3) is 10.9 Å². The van der Waals surface area contributed by atoms with Gasteiger partial charge in [0.05, 0.1) is 17.9 Å². The van der Waals surface area contributed by atoms with Crippen molar-refractivity contribution in [1.29, 1.82) is 0 Å². The highest BCUT2D eigenvalue weighted by atomic mass is 16.6. The Balaban J connectivity index is 2.40. The Morgan fingerprint density at radius 3 is 2.71 bits per heavy atom. The number of aromatic nitrogens is 3. The summed E-state index contributed by atoms with van der Waals surface area (Å²) in [4.78, 5) is 16.0. The van der Waals surface area contributed by atoms with Crippen molar-refractivity contribution in [2.45, 2.75) is 33.3 Å². The van der Waals surface area contributed by atoms with Crippen molar-refractivity contribution in [3.63, 3.8) is 0 Å². The lowest BCUT2D eigenvalue weighted by Crippen LogP contribution is -2.27. The Morgan fingerprint density at radius 1 is 1.35 bits per heavy atom. The molecule has 0 saturated heterocycles. The number of hydrogen-bond acceptors (Lipinski definition) is 4. The van der Waals surface area contributed by atoms with E-state index in [1.165, 1.54) is 4.68 Å². The molecule has 2 heterocycles. The Kier molecular flexibility index (Phi) is 2.61. The van der Waals surface area contributed by atoms with Crippen LogP contribution in [0.4, 0.5) is 4.79 Å². The zero-order valence-corrected chi connectivity index (χ0v) is 10.4. The number of pyridine rings is 1. The summed E-state index contributed by atoms with van der Waals surface area (Å²) in [7, 11) is 0. The van der Waals surface area contributed by atoms with E-state index in [0.717, 1.165) is 11.1 Å². The molecule has 0 fully saturated rings. The first-order valence-electron chi connectivity index (χ1n) is 5.40. The van der Waals surface area contributed by atoms with Crippen molar-refractivity contribution >= 4 is 17.0 Å². The summed E-state index contributed by atoms with van der Waals surface area (Å²) in [5.41, 5.74) is 1.01. The van der Waals surface area contributed by atoms with Gasteiger partial charge in [-0.15, -0.1) is 0 Å². The second-order valence-electron chi connectivity index (χ2n) is 4.92. The molecule has 0 radical (unpaired) electrons. The van der Waals surface area contributed by atoms with Gasteiger partial charge in [0, 0.05) is 11.1 Å². The van der Waals surface area contributed by atoms with Crippen LogP contribution < -0.4 is 0 Å². The summed E-state index contributed by atoms with van der Waals surface area (Å²) in [5, 5.41) is 4.90. The van der Waals surface area contributed by atoms with E-state index >= 15 is 0 Å². The van der Waals surface area contributed by atoms with Crippen molar-refractivity contribution < 1.29 is 9.53 Å². The van der Waals surface area contributed by atoms with Gasteiger partial charge in [0.25, 0.3) is 0 Å². The lowest BCUT2D eigenvalue weighted by molar-refractivity contribution is 0.0522. The van der Waals surface area contributed by atoms with Crippen molar-refractivity contribution in [1.82, 2.24) is 14.8 Å². The smallest absolute Gasteiger partial charge is 0.435 e. The van der Waals surface area contributed by atoms with E-state index in [1.54, 1.807) is 12.4 Å². The van der Waals surface area contributed by atoms with E-state index in [4.69, 9.17) is 4.74 Å². The average molecular weight is 233 g/mol. The molecule has 0 aromatic carbocycles. The molecular weight excluding hydrogens is 218 g/mol. The standard InChI is InChI=1S/C12H15N3O2/c1-8-5-9-6-14-15(10(9)7-13-8)11(16)17-12(2,3)4/h5-7H,1-4H3. The highest BCUT2D eigenvalue weighted by Gasteiger charge is 2.19. The van der Waals surface area contributed by atoms with E-state index in [0.29, 0.717) is 5.52 Å². The minimum atomic E-state index is -0.534. The van der Waals surface area contributed by atoms with Crippen molar-refractivity contribution in [3.05, 3.63) is 24.2 Å². The number of fused-ring (bicyclic) bond motifs is 1. The molecule has 17 heavy (non-hydrogen) atoms. The van der Waals surface area contributed by atoms with Crippen LogP contribution in [-0.4, -0.2) is 26.5 Å². The van der Waals surface area contributed by atoms with Crippen LogP contribution >= 0.6 is 0 Å². The maximum absolute atomic E-state index is 11.9. The molecule has 0 amide bonds. The summed E-state index contributed by atoms with van der Waals surface area (Å²) >= 11 is 0. The molecule has 0 saturated carbocycles. The largest absolute Gasteiger partial charge is 0.442 e. The van der Waals surface area contributed by atoms with Crippen molar-refractivity contribution in [2.24, 2.45) is 0 Å². The van der Waals surface area contributed by atoms with Gasteiger partial charge in [-0.3, -0.25) is 4.98 Å². The molecule has 0 bridgehead atoms. The highest BCUT2D eigenvalue weighted by molar-refractivity contribution is 5.87. The normalized spacial score (nSPS) is 11.8. The van der Waals surface area contributed by atoms with Gasteiger partial charge in [0.2, 0.25) is 0 Å². The molecule has 0 unspecified atom stereocenters. The summed E-state index contributed by atoms with van der Waals surface area (Å²) in [6.07, 6.45) is 2.77. The van der Waals surface area contributed by atoms with E-state index in [2.05, 4.69) is 10.1 Å². The van der Waals surface area contributed by atoms with E-state index in [-0.39, 0.29) is 0 Å².